The van der Waals surface area contributed by atoms with Gasteiger partial charge in [-0.15, -0.1) is 6.58 Å². The number of unbranched alkanes of at least 4 members (excludes halogenated alkanes) is 1. The van der Waals surface area contributed by atoms with E-state index in [0.717, 1.165) is 17.7 Å². The van der Waals surface area contributed by atoms with Crippen LogP contribution in [-0.4, -0.2) is 29.6 Å². The lowest BCUT2D eigenvalue weighted by Gasteiger charge is -2.14. The number of aryl methyl sites for hydroxylation is 1. The average Bonchev–Trinajstić information content (AvgIpc) is 2.52. The zero-order valence-corrected chi connectivity index (χ0v) is 13.6. The van der Waals surface area contributed by atoms with Crippen molar-refractivity contribution in [2.24, 2.45) is 0 Å². The van der Waals surface area contributed by atoms with Gasteiger partial charge < -0.3 is 15.2 Å². The van der Waals surface area contributed by atoms with Gasteiger partial charge in [0.05, 0.1) is 6.61 Å². The first kappa shape index (κ1) is 18.7. The van der Waals surface area contributed by atoms with E-state index in [0.29, 0.717) is 25.9 Å². The Morgan fingerprint density at radius 2 is 2.09 bits per heavy atom. The summed E-state index contributed by atoms with van der Waals surface area (Å²) in [5, 5.41) is 11.7. The molecule has 0 aromatic heterocycles. The summed E-state index contributed by atoms with van der Waals surface area (Å²) < 4.78 is 5.61. The van der Waals surface area contributed by atoms with Crippen molar-refractivity contribution < 1.29 is 19.4 Å². The van der Waals surface area contributed by atoms with Gasteiger partial charge in [-0.25, -0.2) is 4.79 Å². The molecule has 5 heteroatoms. The van der Waals surface area contributed by atoms with Gasteiger partial charge in [-0.3, -0.25) is 4.79 Å². The summed E-state index contributed by atoms with van der Waals surface area (Å²) in [4.78, 5) is 22.9. The second kappa shape index (κ2) is 10.4. The van der Waals surface area contributed by atoms with E-state index in [9.17, 15) is 9.59 Å². The first-order chi connectivity index (χ1) is 11.0. The summed E-state index contributed by atoms with van der Waals surface area (Å²) in [5.41, 5.74) is 1.05. The molecule has 1 unspecified atom stereocenters. The van der Waals surface area contributed by atoms with Crippen LogP contribution < -0.4 is 10.1 Å². The molecule has 126 valence electrons. The molecule has 1 aromatic rings. The molecule has 5 nitrogen and oxygen atoms in total. The van der Waals surface area contributed by atoms with Gasteiger partial charge in [0.25, 0.3) is 0 Å². The Morgan fingerprint density at radius 3 is 2.74 bits per heavy atom. The van der Waals surface area contributed by atoms with Crippen LogP contribution in [0.25, 0.3) is 0 Å². The van der Waals surface area contributed by atoms with Crippen LogP contribution in [0.5, 0.6) is 5.75 Å². The number of aliphatic carboxylic acids is 1. The Morgan fingerprint density at radius 1 is 1.35 bits per heavy atom. The molecule has 0 aliphatic heterocycles. The zero-order chi connectivity index (χ0) is 17.1. The third-order valence-corrected chi connectivity index (χ3v) is 3.43. The molecule has 0 bridgehead atoms. The molecular weight excluding hydrogens is 294 g/mol. The lowest BCUT2D eigenvalue weighted by Crippen LogP contribution is -2.40. The van der Waals surface area contributed by atoms with Crippen LogP contribution in [-0.2, 0) is 9.59 Å². The number of para-hydroxylation sites is 1. The third kappa shape index (κ3) is 7.49. The molecule has 0 aliphatic carbocycles. The molecule has 0 spiro atoms. The average molecular weight is 319 g/mol. The van der Waals surface area contributed by atoms with E-state index in [-0.39, 0.29) is 12.3 Å². The summed E-state index contributed by atoms with van der Waals surface area (Å²) in [6, 6.07) is 6.85. The largest absolute Gasteiger partial charge is 0.493 e. The highest BCUT2D eigenvalue weighted by Crippen LogP contribution is 2.16. The van der Waals surface area contributed by atoms with Gasteiger partial charge in [0.2, 0.25) is 5.91 Å². The third-order valence-electron chi connectivity index (χ3n) is 3.43. The van der Waals surface area contributed by atoms with E-state index in [4.69, 9.17) is 9.84 Å². The van der Waals surface area contributed by atoms with E-state index in [1.165, 1.54) is 0 Å². The molecule has 0 aliphatic rings. The lowest BCUT2D eigenvalue weighted by molar-refractivity contribution is -0.142. The van der Waals surface area contributed by atoms with Gasteiger partial charge >= 0.3 is 5.97 Å². The van der Waals surface area contributed by atoms with Crippen LogP contribution in [0.15, 0.2) is 36.9 Å². The van der Waals surface area contributed by atoms with Crippen molar-refractivity contribution >= 4 is 11.9 Å². The maximum Gasteiger partial charge on any atom is 0.326 e. The lowest BCUT2D eigenvalue weighted by atomic mass is 10.1. The summed E-state index contributed by atoms with van der Waals surface area (Å²) in [6.07, 6.45) is 4.37. The number of ether oxygens (including phenoxy) is 1. The molecule has 0 saturated heterocycles. The number of nitrogens with one attached hydrogen (secondary N) is 1. The van der Waals surface area contributed by atoms with E-state index in [1.54, 1.807) is 6.08 Å². The SMILES string of the molecule is C=CCCCC(NC(=O)CCCOc1ccccc1C)C(=O)O. The number of carbonyl (C=O) groups excluding carboxylic acids is 1. The molecule has 1 rings (SSSR count). The van der Waals surface area contributed by atoms with E-state index >= 15 is 0 Å². The van der Waals surface area contributed by atoms with E-state index in [2.05, 4.69) is 11.9 Å². The molecule has 0 saturated carbocycles. The van der Waals surface area contributed by atoms with E-state index < -0.39 is 12.0 Å². The van der Waals surface area contributed by atoms with Crippen LogP contribution in [0.3, 0.4) is 0 Å². The molecule has 1 aromatic carbocycles. The van der Waals surface area contributed by atoms with Crippen LogP contribution in [0.1, 0.15) is 37.7 Å². The number of carbonyl (C=O) groups is 2. The second-order valence-electron chi connectivity index (χ2n) is 5.40. The fourth-order valence-corrected chi connectivity index (χ4v) is 2.12. The maximum atomic E-state index is 11.8. The quantitative estimate of drug-likeness (QED) is 0.485. The van der Waals surface area contributed by atoms with Crippen LogP contribution in [0.2, 0.25) is 0 Å². The molecule has 1 amide bonds. The number of rotatable bonds is 11. The van der Waals surface area contributed by atoms with Gasteiger partial charge in [0.1, 0.15) is 11.8 Å². The first-order valence-corrected chi connectivity index (χ1v) is 7.86. The summed E-state index contributed by atoms with van der Waals surface area (Å²) in [5.74, 6) is -0.455. The Labute approximate surface area is 137 Å². The Hall–Kier alpha value is -2.30. The number of carboxylic acid groups (broad SMARTS) is 1. The Balaban J connectivity index is 2.28. The zero-order valence-electron chi connectivity index (χ0n) is 13.6. The van der Waals surface area contributed by atoms with Crippen molar-refractivity contribution in [3.63, 3.8) is 0 Å². The van der Waals surface area contributed by atoms with Gasteiger partial charge in [-0.2, -0.15) is 0 Å². The van der Waals surface area contributed by atoms with Crippen molar-refractivity contribution in [3.05, 3.63) is 42.5 Å². The molecule has 1 atom stereocenters. The number of hydrogen-bond acceptors (Lipinski definition) is 3. The Bertz CT molecular complexity index is 528. The molecule has 0 fully saturated rings. The standard InChI is InChI=1S/C18H25NO4/c1-3-4-5-10-15(18(21)22)19-17(20)12-8-13-23-16-11-7-6-9-14(16)2/h3,6-7,9,11,15H,1,4-5,8,10,12-13H2,2H3,(H,19,20)(H,21,22). The predicted molar refractivity (Wildman–Crippen MR) is 89.5 cm³/mol. The van der Waals surface area contributed by atoms with Crippen molar-refractivity contribution in [3.8, 4) is 5.75 Å². The minimum absolute atomic E-state index is 0.247. The van der Waals surface area contributed by atoms with Crippen LogP contribution in [0, 0.1) is 6.92 Å². The van der Waals surface area contributed by atoms with E-state index in [1.807, 2.05) is 31.2 Å². The highest BCUT2D eigenvalue weighted by molar-refractivity contribution is 5.83. The monoisotopic (exact) mass is 319 g/mol. The molecule has 0 radical (unpaired) electrons. The Kier molecular flexibility index (Phi) is 8.50. The minimum atomic E-state index is -1.00. The van der Waals surface area contributed by atoms with Crippen LogP contribution >= 0.6 is 0 Å². The fraction of sp³-hybridized carbons (Fsp3) is 0.444. The summed E-state index contributed by atoms with van der Waals surface area (Å²) in [7, 11) is 0. The number of hydrogen-bond donors (Lipinski definition) is 2. The number of allylic oxidation sites excluding steroid dienone is 1. The highest BCUT2D eigenvalue weighted by atomic mass is 16.5. The summed E-state index contributed by atoms with van der Waals surface area (Å²) >= 11 is 0. The molecule has 2 N–H and O–H groups in total. The molecule has 23 heavy (non-hydrogen) atoms. The fourth-order valence-electron chi connectivity index (χ4n) is 2.12. The van der Waals surface area contributed by atoms with Crippen molar-refractivity contribution in [1.29, 1.82) is 0 Å². The second-order valence-corrected chi connectivity index (χ2v) is 5.40. The highest BCUT2D eigenvalue weighted by Gasteiger charge is 2.18. The number of benzene rings is 1. The number of amides is 1. The predicted octanol–water partition coefficient (Wildman–Crippen LogP) is 3.08. The molecule has 0 heterocycles. The van der Waals surface area contributed by atoms with Crippen molar-refractivity contribution in [1.82, 2.24) is 5.32 Å². The summed E-state index contributed by atoms with van der Waals surface area (Å²) in [6.45, 7) is 5.98. The van der Waals surface area contributed by atoms with Gasteiger partial charge in [0.15, 0.2) is 0 Å². The topological polar surface area (TPSA) is 75.6 Å². The smallest absolute Gasteiger partial charge is 0.326 e. The van der Waals surface area contributed by atoms with Gasteiger partial charge in [-0.1, -0.05) is 24.3 Å². The first-order valence-electron chi connectivity index (χ1n) is 7.86. The minimum Gasteiger partial charge on any atom is -0.493 e. The normalized spacial score (nSPS) is 11.5. The van der Waals surface area contributed by atoms with Crippen molar-refractivity contribution in [2.75, 3.05) is 6.61 Å². The number of carboxylic acids is 1. The molecular formula is C18H25NO4. The van der Waals surface area contributed by atoms with Gasteiger partial charge in [-0.05, 0) is 44.2 Å². The van der Waals surface area contributed by atoms with Crippen molar-refractivity contribution in [2.45, 2.75) is 45.1 Å². The van der Waals surface area contributed by atoms with Crippen LogP contribution in [0.4, 0.5) is 0 Å². The van der Waals surface area contributed by atoms with Gasteiger partial charge in [0, 0.05) is 6.42 Å². The maximum absolute atomic E-state index is 11.8.